The van der Waals surface area contributed by atoms with E-state index in [1.807, 2.05) is 0 Å². The Bertz CT molecular complexity index is 622. The lowest BCUT2D eigenvalue weighted by Crippen LogP contribution is -2.38. The van der Waals surface area contributed by atoms with Crippen molar-refractivity contribution >= 4 is 12.1 Å². The van der Waals surface area contributed by atoms with Crippen molar-refractivity contribution in [3.63, 3.8) is 0 Å². The van der Waals surface area contributed by atoms with Crippen molar-refractivity contribution in [2.24, 2.45) is 0 Å². The van der Waals surface area contributed by atoms with E-state index in [0.717, 1.165) is 5.56 Å². The second-order valence-electron chi connectivity index (χ2n) is 6.52. The molecule has 5 nitrogen and oxygen atoms in total. The number of rotatable bonds is 1. The third-order valence-corrected chi connectivity index (χ3v) is 3.68. The van der Waals surface area contributed by atoms with E-state index in [1.54, 1.807) is 31.7 Å². The number of amides is 1. The van der Waals surface area contributed by atoms with E-state index in [0.29, 0.717) is 31.5 Å². The summed E-state index contributed by atoms with van der Waals surface area (Å²) >= 11 is 0. The maximum Gasteiger partial charge on any atom is 0.410 e. The maximum absolute atomic E-state index is 14.5. The summed E-state index contributed by atoms with van der Waals surface area (Å²) in [4.78, 5) is 25.3. The molecule has 1 aromatic carbocycles. The van der Waals surface area contributed by atoms with Gasteiger partial charge >= 0.3 is 12.1 Å². The molecule has 1 aromatic rings. The average molecular weight is 323 g/mol. The topological polar surface area (TPSA) is 55.8 Å². The van der Waals surface area contributed by atoms with Crippen LogP contribution >= 0.6 is 0 Å². The first kappa shape index (κ1) is 17.2. The van der Waals surface area contributed by atoms with Gasteiger partial charge in [0, 0.05) is 13.1 Å². The zero-order valence-corrected chi connectivity index (χ0v) is 13.9. The molecule has 1 aliphatic heterocycles. The fourth-order valence-electron chi connectivity index (χ4n) is 2.56. The summed E-state index contributed by atoms with van der Waals surface area (Å²) in [5.74, 6) is -1.25. The quantitative estimate of drug-likeness (QED) is 0.746. The molecular formula is C17H22FNO4. The highest BCUT2D eigenvalue weighted by atomic mass is 19.1. The Balaban J connectivity index is 2.19. The zero-order chi connectivity index (χ0) is 17.2. The van der Waals surface area contributed by atoms with Crippen LogP contribution in [-0.2, 0) is 22.3 Å². The van der Waals surface area contributed by atoms with E-state index in [9.17, 15) is 14.0 Å². The molecule has 2 rings (SSSR count). The molecule has 126 valence electrons. The lowest BCUT2D eigenvalue weighted by atomic mass is 9.99. The minimum atomic E-state index is -0.696. The molecule has 0 saturated heterocycles. The number of fused-ring (bicyclic) bond motifs is 1. The second kappa shape index (κ2) is 6.56. The van der Waals surface area contributed by atoms with E-state index in [4.69, 9.17) is 4.74 Å². The number of ether oxygens (including phenoxy) is 2. The van der Waals surface area contributed by atoms with Crippen LogP contribution in [0.15, 0.2) is 12.1 Å². The number of hydrogen-bond donors (Lipinski definition) is 0. The van der Waals surface area contributed by atoms with Crippen molar-refractivity contribution < 1.29 is 23.5 Å². The van der Waals surface area contributed by atoms with Crippen molar-refractivity contribution in [1.29, 1.82) is 0 Å². The molecule has 0 saturated carbocycles. The van der Waals surface area contributed by atoms with Crippen molar-refractivity contribution in [1.82, 2.24) is 4.90 Å². The Morgan fingerprint density at radius 1 is 1.17 bits per heavy atom. The van der Waals surface area contributed by atoms with E-state index in [1.165, 1.54) is 13.2 Å². The van der Waals surface area contributed by atoms with Gasteiger partial charge < -0.3 is 14.4 Å². The van der Waals surface area contributed by atoms with E-state index < -0.39 is 23.5 Å². The van der Waals surface area contributed by atoms with Gasteiger partial charge in [0.25, 0.3) is 0 Å². The van der Waals surface area contributed by atoms with E-state index in [-0.39, 0.29) is 5.56 Å². The van der Waals surface area contributed by atoms with Gasteiger partial charge in [-0.3, -0.25) is 0 Å². The summed E-state index contributed by atoms with van der Waals surface area (Å²) in [5, 5.41) is 0. The molecule has 1 amide bonds. The summed E-state index contributed by atoms with van der Waals surface area (Å²) < 4.78 is 24.5. The van der Waals surface area contributed by atoms with Crippen LogP contribution in [-0.4, -0.2) is 42.8 Å². The highest BCUT2D eigenvalue weighted by Gasteiger charge is 2.26. The third kappa shape index (κ3) is 4.00. The Morgan fingerprint density at radius 2 is 1.83 bits per heavy atom. The molecule has 0 N–H and O–H groups in total. The van der Waals surface area contributed by atoms with Crippen LogP contribution in [0, 0.1) is 5.82 Å². The number of carbonyl (C=O) groups excluding carboxylic acids is 2. The lowest BCUT2D eigenvalue weighted by molar-refractivity contribution is 0.0258. The number of hydrogen-bond acceptors (Lipinski definition) is 4. The van der Waals surface area contributed by atoms with E-state index >= 15 is 0 Å². The van der Waals surface area contributed by atoms with Gasteiger partial charge in [0.2, 0.25) is 0 Å². The molecule has 0 atom stereocenters. The molecule has 6 heteroatoms. The van der Waals surface area contributed by atoms with Gasteiger partial charge in [-0.05, 0) is 50.8 Å². The van der Waals surface area contributed by atoms with Crippen LogP contribution in [0.3, 0.4) is 0 Å². The van der Waals surface area contributed by atoms with Crippen molar-refractivity contribution in [2.75, 3.05) is 20.2 Å². The second-order valence-corrected chi connectivity index (χ2v) is 6.52. The highest BCUT2D eigenvalue weighted by Crippen LogP contribution is 2.23. The lowest BCUT2D eigenvalue weighted by Gasteiger charge is -2.26. The molecule has 0 unspecified atom stereocenters. The molecule has 1 heterocycles. The summed E-state index contributed by atoms with van der Waals surface area (Å²) in [5.41, 5.74) is 0.636. The zero-order valence-electron chi connectivity index (χ0n) is 13.9. The number of nitrogens with zero attached hydrogens (tertiary/aromatic N) is 1. The average Bonchev–Trinajstić information content (AvgIpc) is 2.68. The fraction of sp³-hybridized carbons (Fsp3) is 0.529. The first-order valence-corrected chi connectivity index (χ1v) is 7.59. The third-order valence-electron chi connectivity index (χ3n) is 3.68. The van der Waals surface area contributed by atoms with Gasteiger partial charge in [0.1, 0.15) is 11.4 Å². The van der Waals surface area contributed by atoms with Crippen molar-refractivity contribution in [3.05, 3.63) is 34.6 Å². The van der Waals surface area contributed by atoms with Crippen LogP contribution in [0.5, 0.6) is 0 Å². The predicted octanol–water partition coefficient (Wildman–Crippen LogP) is 2.95. The van der Waals surface area contributed by atoms with Gasteiger partial charge in [-0.2, -0.15) is 0 Å². The normalized spacial score (nSPS) is 14.7. The number of carbonyl (C=O) groups is 2. The van der Waals surface area contributed by atoms with Gasteiger partial charge in [0.15, 0.2) is 0 Å². The smallest absolute Gasteiger partial charge is 0.410 e. The maximum atomic E-state index is 14.5. The van der Waals surface area contributed by atoms with Crippen LogP contribution in [0.2, 0.25) is 0 Å². The van der Waals surface area contributed by atoms with Crippen LogP contribution in [0.25, 0.3) is 0 Å². The van der Waals surface area contributed by atoms with Crippen LogP contribution in [0.1, 0.15) is 42.3 Å². The Hall–Kier alpha value is -2.11. The number of methoxy groups -OCH3 is 1. The van der Waals surface area contributed by atoms with E-state index in [2.05, 4.69) is 4.74 Å². The first-order chi connectivity index (χ1) is 10.7. The van der Waals surface area contributed by atoms with Crippen molar-refractivity contribution in [2.45, 2.75) is 39.2 Å². The molecule has 0 spiro atoms. The molecule has 0 radical (unpaired) electrons. The molecule has 0 fully saturated rings. The minimum absolute atomic E-state index is 0.0723. The predicted molar refractivity (Wildman–Crippen MR) is 83.0 cm³/mol. The largest absolute Gasteiger partial charge is 0.465 e. The molecule has 1 aliphatic rings. The summed E-state index contributed by atoms with van der Waals surface area (Å²) in [7, 11) is 1.22. The summed E-state index contributed by atoms with van der Waals surface area (Å²) in [6.07, 6.45) is 0.456. The standard InChI is InChI=1S/C17H22FNO4/c1-17(2,3)23-16(21)19-9-7-11-5-6-13(15(20)22-4)14(18)12(11)8-10-19/h5-6H,7-10H2,1-4H3. The van der Waals surface area contributed by atoms with Gasteiger partial charge in [0.05, 0.1) is 12.7 Å². The summed E-state index contributed by atoms with van der Waals surface area (Å²) in [6.45, 7) is 6.22. The molecule has 0 bridgehead atoms. The van der Waals surface area contributed by atoms with Crippen LogP contribution < -0.4 is 0 Å². The molecule has 0 aromatic heterocycles. The number of halogens is 1. The monoisotopic (exact) mass is 323 g/mol. The minimum Gasteiger partial charge on any atom is -0.465 e. The first-order valence-electron chi connectivity index (χ1n) is 7.59. The van der Waals surface area contributed by atoms with Gasteiger partial charge in [-0.25, -0.2) is 14.0 Å². The summed E-state index contributed by atoms with van der Waals surface area (Å²) in [6, 6.07) is 3.16. The van der Waals surface area contributed by atoms with Crippen molar-refractivity contribution in [3.8, 4) is 0 Å². The Labute approximate surface area is 135 Å². The molecule has 0 aliphatic carbocycles. The Kier molecular flexibility index (Phi) is 4.92. The molecular weight excluding hydrogens is 301 g/mol. The van der Waals surface area contributed by atoms with Crippen LogP contribution in [0.4, 0.5) is 9.18 Å². The highest BCUT2D eigenvalue weighted by molar-refractivity contribution is 5.90. The number of benzene rings is 1. The Morgan fingerprint density at radius 3 is 2.43 bits per heavy atom. The number of esters is 1. The SMILES string of the molecule is COC(=O)c1ccc2c(c1F)CCN(C(=O)OC(C)(C)C)CC2. The van der Waals surface area contributed by atoms with Gasteiger partial charge in [-0.1, -0.05) is 6.07 Å². The fourth-order valence-corrected chi connectivity index (χ4v) is 2.56. The van der Waals surface area contributed by atoms with Gasteiger partial charge in [-0.15, -0.1) is 0 Å². The molecule has 23 heavy (non-hydrogen) atoms.